The summed E-state index contributed by atoms with van der Waals surface area (Å²) in [5.74, 6) is -3.93. The van der Waals surface area contributed by atoms with Crippen LogP contribution in [0.4, 0.5) is 18.9 Å². The first-order chi connectivity index (χ1) is 13.9. The third-order valence-electron chi connectivity index (χ3n) is 3.86. The van der Waals surface area contributed by atoms with Crippen LogP contribution in [0.1, 0.15) is 45.0 Å². The van der Waals surface area contributed by atoms with Gasteiger partial charge in [0.1, 0.15) is 28.3 Å². The van der Waals surface area contributed by atoms with E-state index in [0.29, 0.717) is 6.07 Å². The van der Waals surface area contributed by atoms with Gasteiger partial charge in [-0.2, -0.15) is 0 Å². The number of hydrogen-bond donors (Lipinski definition) is 1. The van der Waals surface area contributed by atoms with Gasteiger partial charge < -0.3 is 10.1 Å². The van der Waals surface area contributed by atoms with Crippen molar-refractivity contribution in [2.45, 2.75) is 50.4 Å². The first-order valence-electron chi connectivity index (χ1n) is 9.33. The number of rotatable bonds is 6. The van der Waals surface area contributed by atoms with Crippen LogP contribution in [0.25, 0.3) is 0 Å². The zero-order valence-electron chi connectivity index (χ0n) is 17.4. The maximum Gasteiger partial charge on any atom is 0.320 e. The molecule has 1 amide bonds. The molecule has 0 saturated heterocycles. The molecule has 0 aliphatic rings. The molecule has 0 saturated carbocycles. The average molecular weight is 439 g/mol. The number of hydrogen-bond acceptors (Lipinski definition) is 4. The molecule has 0 aromatic heterocycles. The molecule has 0 aliphatic carbocycles. The van der Waals surface area contributed by atoms with Crippen molar-refractivity contribution in [2.24, 2.45) is 5.92 Å². The molecule has 0 bridgehead atoms. The summed E-state index contributed by atoms with van der Waals surface area (Å²) in [7, 11) is 0. The number of benzene rings is 2. The van der Waals surface area contributed by atoms with Crippen molar-refractivity contribution in [3.05, 3.63) is 59.4 Å². The van der Waals surface area contributed by atoms with E-state index in [0.717, 1.165) is 23.9 Å². The van der Waals surface area contributed by atoms with Gasteiger partial charge in [0.05, 0.1) is 5.69 Å². The normalized spacial score (nSPS) is 12.6. The number of halogens is 3. The van der Waals surface area contributed by atoms with E-state index in [-0.39, 0.29) is 22.1 Å². The molecule has 2 aromatic rings. The van der Waals surface area contributed by atoms with Crippen LogP contribution in [-0.4, -0.2) is 22.7 Å². The molecule has 0 spiro atoms. The fourth-order valence-electron chi connectivity index (χ4n) is 2.49. The molecule has 0 fully saturated rings. The van der Waals surface area contributed by atoms with E-state index in [1.165, 1.54) is 18.2 Å². The van der Waals surface area contributed by atoms with Crippen molar-refractivity contribution in [1.29, 1.82) is 0 Å². The van der Waals surface area contributed by atoms with E-state index in [4.69, 9.17) is 4.74 Å². The van der Waals surface area contributed by atoms with Crippen LogP contribution in [0.2, 0.25) is 0 Å². The molecule has 30 heavy (non-hydrogen) atoms. The van der Waals surface area contributed by atoms with Gasteiger partial charge in [0, 0.05) is 16.5 Å². The Morgan fingerprint density at radius 3 is 2.27 bits per heavy atom. The van der Waals surface area contributed by atoms with Gasteiger partial charge in [-0.15, -0.1) is 11.8 Å². The SMILES string of the molecule is CC(C)C(Sc1cc(NC(=O)c2cccc(F)c2)c(F)cc1F)C(=O)OC(C)(C)C. The first-order valence-corrected chi connectivity index (χ1v) is 10.2. The van der Waals surface area contributed by atoms with Gasteiger partial charge >= 0.3 is 5.97 Å². The van der Waals surface area contributed by atoms with Crippen molar-refractivity contribution in [3.63, 3.8) is 0 Å². The van der Waals surface area contributed by atoms with E-state index in [9.17, 15) is 22.8 Å². The summed E-state index contributed by atoms with van der Waals surface area (Å²) in [6.07, 6.45) is 0. The highest BCUT2D eigenvalue weighted by Gasteiger charge is 2.30. The molecule has 1 atom stereocenters. The Morgan fingerprint density at radius 1 is 1.03 bits per heavy atom. The van der Waals surface area contributed by atoms with Gasteiger partial charge in [0.25, 0.3) is 5.91 Å². The van der Waals surface area contributed by atoms with E-state index in [2.05, 4.69) is 5.32 Å². The molecular weight excluding hydrogens is 415 g/mol. The average Bonchev–Trinajstić information content (AvgIpc) is 2.60. The van der Waals surface area contributed by atoms with Crippen molar-refractivity contribution < 1.29 is 27.5 Å². The number of carbonyl (C=O) groups is 2. The van der Waals surface area contributed by atoms with Crippen molar-refractivity contribution in [2.75, 3.05) is 5.32 Å². The van der Waals surface area contributed by atoms with Gasteiger partial charge in [-0.05, 0) is 51.0 Å². The predicted octanol–water partition coefficient (Wildman–Crippen LogP) is 5.81. The Balaban J connectivity index is 2.28. The summed E-state index contributed by atoms with van der Waals surface area (Å²) >= 11 is 0.893. The summed E-state index contributed by atoms with van der Waals surface area (Å²) in [5.41, 5.74) is -1.00. The summed E-state index contributed by atoms with van der Waals surface area (Å²) < 4.78 is 47.3. The Bertz CT molecular complexity index is 942. The first kappa shape index (κ1) is 23.8. The van der Waals surface area contributed by atoms with Crippen molar-refractivity contribution in [3.8, 4) is 0 Å². The zero-order chi connectivity index (χ0) is 22.6. The molecule has 1 N–H and O–H groups in total. The minimum absolute atomic E-state index is 0.0123. The number of ether oxygens (including phenoxy) is 1. The minimum atomic E-state index is -0.986. The molecule has 0 heterocycles. The lowest BCUT2D eigenvalue weighted by atomic mass is 10.1. The second kappa shape index (κ2) is 9.55. The number of amides is 1. The highest BCUT2D eigenvalue weighted by molar-refractivity contribution is 8.00. The summed E-state index contributed by atoms with van der Waals surface area (Å²) in [4.78, 5) is 24.8. The number of esters is 1. The lowest BCUT2D eigenvalue weighted by Crippen LogP contribution is -2.33. The van der Waals surface area contributed by atoms with Crippen molar-refractivity contribution in [1.82, 2.24) is 0 Å². The Labute approximate surface area is 178 Å². The second-order valence-electron chi connectivity index (χ2n) is 8.04. The quantitative estimate of drug-likeness (QED) is 0.456. The highest BCUT2D eigenvalue weighted by Crippen LogP contribution is 2.34. The van der Waals surface area contributed by atoms with Crippen molar-refractivity contribution >= 4 is 29.3 Å². The molecular formula is C22H24F3NO3S. The zero-order valence-corrected chi connectivity index (χ0v) is 18.2. The molecule has 0 radical (unpaired) electrons. The lowest BCUT2D eigenvalue weighted by molar-refractivity contribution is -0.154. The van der Waals surface area contributed by atoms with Crippen LogP contribution in [0.15, 0.2) is 41.3 Å². The fourth-order valence-corrected chi connectivity index (χ4v) is 3.54. The number of carbonyl (C=O) groups excluding carboxylic acids is 2. The van der Waals surface area contributed by atoms with Crippen LogP contribution in [0.5, 0.6) is 0 Å². The van der Waals surface area contributed by atoms with Gasteiger partial charge in [-0.1, -0.05) is 19.9 Å². The van der Waals surface area contributed by atoms with Crippen LogP contribution in [0.3, 0.4) is 0 Å². The third kappa shape index (κ3) is 6.52. The topological polar surface area (TPSA) is 55.4 Å². The van der Waals surface area contributed by atoms with Gasteiger partial charge in [-0.25, -0.2) is 13.2 Å². The maximum absolute atomic E-state index is 14.4. The number of nitrogens with one attached hydrogen (secondary N) is 1. The highest BCUT2D eigenvalue weighted by atomic mass is 32.2. The van der Waals surface area contributed by atoms with Crippen LogP contribution >= 0.6 is 11.8 Å². The Hall–Kier alpha value is -2.48. The Kier molecular flexibility index (Phi) is 7.58. The van der Waals surface area contributed by atoms with Crippen LogP contribution in [-0.2, 0) is 9.53 Å². The van der Waals surface area contributed by atoms with E-state index in [1.54, 1.807) is 34.6 Å². The molecule has 2 rings (SSSR count). The monoisotopic (exact) mass is 439 g/mol. The van der Waals surface area contributed by atoms with Crippen LogP contribution < -0.4 is 5.32 Å². The van der Waals surface area contributed by atoms with Gasteiger partial charge in [0.2, 0.25) is 0 Å². The van der Waals surface area contributed by atoms with Gasteiger partial charge in [0.15, 0.2) is 0 Å². The molecule has 1 unspecified atom stereocenters. The molecule has 162 valence electrons. The molecule has 4 nitrogen and oxygen atoms in total. The molecule has 0 aliphatic heterocycles. The summed E-state index contributed by atoms with van der Waals surface area (Å²) in [6, 6.07) is 6.64. The molecule has 2 aromatic carbocycles. The largest absolute Gasteiger partial charge is 0.459 e. The minimum Gasteiger partial charge on any atom is -0.459 e. The second-order valence-corrected chi connectivity index (χ2v) is 9.23. The van der Waals surface area contributed by atoms with Gasteiger partial charge in [-0.3, -0.25) is 9.59 Å². The summed E-state index contributed by atoms with van der Waals surface area (Å²) in [5, 5.41) is 1.57. The third-order valence-corrected chi connectivity index (χ3v) is 5.41. The number of thioether (sulfide) groups is 1. The lowest BCUT2D eigenvalue weighted by Gasteiger charge is -2.25. The fraction of sp³-hybridized carbons (Fsp3) is 0.364. The number of anilines is 1. The summed E-state index contributed by atoms with van der Waals surface area (Å²) in [6.45, 7) is 8.76. The predicted molar refractivity (Wildman–Crippen MR) is 111 cm³/mol. The Morgan fingerprint density at radius 2 is 1.70 bits per heavy atom. The molecule has 8 heteroatoms. The van der Waals surface area contributed by atoms with Crippen LogP contribution in [0, 0.1) is 23.4 Å². The van der Waals surface area contributed by atoms with E-state index >= 15 is 0 Å². The smallest absolute Gasteiger partial charge is 0.320 e. The maximum atomic E-state index is 14.4. The van der Waals surface area contributed by atoms with E-state index in [1.807, 2.05) is 0 Å². The van der Waals surface area contributed by atoms with E-state index < -0.39 is 40.2 Å². The standard InChI is InChI=1S/C22H24F3NO3S/c1-12(2)19(21(28)29-22(3,4)5)30-18-11-17(15(24)10-16(18)25)26-20(27)13-7-6-8-14(23)9-13/h6-12,19H,1-5H3,(H,26,27).